The number of anilines is 1. The molecule has 0 radical (unpaired) electrons. The Morgan fingerprint density at radius 1 is 1.06 bits per heavy atom. The number of carbonyl (C=O) groups excluding carboxylic acids is 1. The number of benzene rings is 2. The maximum Gasteiger partial charge on any atom is 0.261 e. The van der Waals surface area contributed by atoms with Crippen molar-refractivity contribution in [3.05, 3.63) is 65.5 Å². The highest BCUT2D eigenvalue weighted by atomic mass is 19.1. The minimum absolute atomic E-state index is 0.273. The Morgan fingerprint density at radius 3 is 2.39 bits per heavy atom. The molecule has 0 fully saturated rings. The third-order valence-corrected chi connectivity index (χ3v) is 3.04. The van der Waals surface area contributed by atoms with Gasteiger partial charge in [0.25, 0.3) is 5.91 Å². The van der Waals surface area contributed by atoms with Gasteiger partial charge in [-0.1, -0.05) is 18.2 Å². The summed E-state index contributed by atoms with van der Waals surface area (Å²) < 4.78 is 12.9. The normalized spacial score (nSPS) is 18.0. The zero-order chi connectivity index (χ0) is 12.7. The van der Waals surface area contributed by atoms with Crippen LogP contribution in [0.5, 0.6) is 0 Å². The molecule has 0 saturated heterocycles. The predicted octanol–water partition coefficient (Wildman–Crippen LogP) is 2.48. The summed E-state index contributed by atoms with van der Waals surface area (Å²) in [6.45, 7) is 0. The molecule has 0 aromatic heterocycles. The first-order chi connectivity index (χ1) is 8.68. The van der Waals surface area contributed by atoms with Crippen LogP contribution in [0.4, 0.5) is 10.1 Å². The largest absolute Gasteiger partial charge is 0.369 e. The molecule has 0 spiro atoms. The summed E-state index contributed by atoms with van der Waals surface area (Å²) in [5, 5.41) is 10.1. The lowest BCUT2D eigenvalue weighted by Gasteiger charge is -2.20. The summed E-state index contributed by atoms with van der Waals surface area (Å²) in [6, 6.07) is 12.4. The molecule has 1 aliphatic rings. The van der Waals surface area contributed by atoms with Gasteiger partial charge in [0.1, 0.15) is 5.82 Å². The van der Waals surface area contributed by atoms with Crippen LogP contribution in [-0.2, 0) is 0 Å². The van der Waals surface area contributed by atoms with Crippen molar-refractivity contribution in [1.29, 1.82) is 0 Å². The maximum atomic E-state index is 12.9. The van der Waals surface area contributed by atoms with Gasteiger partial charge < -0.3 is 5.11 Å². The zero-order valence-electron chi connectivity index (χ0n) is 9.38. The van der Waals surface area contributed by atoms with Gasteiger partial charge >= 0.3 is 0 Å². The van der Waals surface area contributed by atoms with Gasteiger partial charge in [-0.05, 0) is 30.3 Å². The molecule has 1 aliphatic heterocycles. The van der Waals surface area contributed by atoms with Crippen LogP contribution in [0.25, 0.3) is 0 Å². The minimum Gasteiger partial charge on any atom is -0.369 e. The number of amides is 1. The minimum atomic E-state index is -1.01. The highest BCUT2D eigenvalue weighted by Crippen LogP contribution is 2.35. The smallest absolute Gasteiger partial charge is 0.261 e. The predicted molar refractivity (Wildman–Crippen MR) is 64.6 cm³/mol. The van der Waals surface area contributed by atoms with Crippen LogP contribution in [0.3, 0.4) is 0 Å². The van der Waals surface area contributed by atoms with E-state index in [9.17, 15) is 14.3 Å². The van der Waals surface area contributed by atoms with Crippen LogP contribution in [0.1, 0.15) is 22.1 Å². The fourth-order valence-electron chi connectivity index (χ4n) is 2.16. The highest BCUT2D eigenvalue weighted by Gasteiger charge is 2.35. The third-order valence-electron chi connectivity index (χ3n) is 3.04. The van der Waals surface area contributed by atoms with Crippen molar-refractivity contribution in [2.24, 2.45) is 0 Å². The Labute approximate surface area is 103 Å². The summed E-state index contributed by atoms with van der Waals surface area (Å²) in [7, 11) is 0. The molecular weight excluding hydrogens is 233 g/mol. The van der Waals surface area contributed by atoms with Crippen LogP contribution in [0.15, 0.2) is 48.5 Å². The van der Waals surface area contributed by atoms with Crippen molar-refractivity contribution in [2.75, 3.05) is 4.90 Å². The van der Waals surface area contributed by atoms with E-state index >= 15 is 0 Å². The average Bonchev–Trinajstić information content (AvgIpc) is 2.64. The van der Waals surface area contributed by atoms with Gasteiger partial charge in [0.2, 0.25) is 0 Å². The first-order valence-corrected chi connectivity index (χ1v) is 5.54. The number of nitrogens with zero attached hydrogens (tertiary/aromatic N) is 1. The second-order valence-electron chi connectivity index (χ2n) is 4.11. The monoisotopic (exact) mass is 243 g/mol. The molecule has 0 aliphatic carbocycles. The van der Waals surface area contributed by atoms with E-state index in [0.717, 1.165) is 0 Å². The number of aliphatic hydroxyl groups excluding tert-OH is 1. The summed E-state index contributed by atoms with van der Waals surface area (Å²) in [6.07, 6.45) is -1.01. The first kappa shape index (κ1) is 10.9. The van der Waals surface area contributed by atoms with Crippen molar-refractivity contribution in [1.82, 2.24) is 0 Å². The van der Waals surface area contributed by atoms with Gasteiger partial charge in [0.05, 0.1) is 0 Å². The molecule has 1 atom stereocenters. The molecule has 18 heavy (non-hydrogen) atoms. The van der Waals surface area contributed by atoms with Gasteiger partial charge in [-0.2, -0.15) is 0 Å². The SMILES string of the molecule is O=C1c2ccccc2C(O)N1c1ccc(F)cc1. The second kappa shape index (κ2) is 3.92. The Hall–Kier alpha value is -2.20. The number of hydrogen-bond donors (Lipinski definition) is 1. The van der Waals surface area contributed by atoms with E-state index in [4.69, 9.17) is 0 Å². The van der Waals surface area contributed by atoms with Crippen molar-refractivity contribution in [3.8, 4) is 0 Å². The average molecular weight is 243 g/mol. The molecular formula is C14H10FNO2. The van der Waals surface area contributed by atoms with Gasteiger partial charge in [0.15, 0.2) is 6.23 Å². The lowest BCUT2D eigenvalue weighted by Crippen LogP contribution is -2.27. The van der Waals surface area contributed by atoms with E-state index < -0.39 is 6.23 Å². The van der Waals surface area contributed by atoms with Crippen LogP contribution in [-0.4, -0.2) is 11.0 Å². The molecule has 1 heterocycles. The molecule has 0 saturated carbocycles. The van der Waals surface area contributed by atoms with Crippen LogP contribution >= 0.6 is 0 Å². The first-order valence-electron chi connectivity index (χ1n) is 5.54. The third kappa shape index (κ3) is 1.50. The van der Waals surface area contributed by atoms with Crippen molar-refractivity contribution < 1.29 is 14.3 Å². The number of fused-ring (bicyclic) bond motifs is 1. The molecule has 1 unspecified atom stereocenters. The summed E-state index contributed by atoms with van der Waals surface area (Å²) in [5.41, 5.74) is 1.53. The zero-order valence-corrected chi connectivity index (χ0v) is 9.38. The summed E-state index contributed by atoms with van der Waals surface area (Å²) in [4.78, 5) is 13.4. The van der Waals surface area contributed by atoms with E-state index in [1.807, 2.05) is 0 Å². The Morgan fingerprint density at radius 2 is 1.72 bits per heavy atom. The van der Waals surface area contributed by atoms with Gasteiger partial charge in [-0.15, -0.1) is 0 Å². The molecule has 1 amide bonds. The molecule has 4 heteroatoms. The molecule has 2 aromatic rings. The second-order valence-corrected chi connectivity index (χ2v) is 4.11. The fraction of sp³-hybridized carbons (Fsp3) is 0.0714. The number of hydrogen-bond acceptors (Lipinski definition) is 2. The standard InChI is InChI=1S/C14H10FNO2/c15-9-5-7-10(8-6-9)16-13(17)11-3-1-2-4-12(11)14(16)18/h1-8,13,17H. The Bertz CT molecular complexity index is 609. The van der Waals surface area contributed by atoms with Gasteiger partial charge in [-0.3, -0.25) is 9.69 Å². The van der Waals surface area contributed by atoms with Crippen molar-refractivity contribution >= 4 is 11.6 Å². The van der Waals surface area contributed by atoms with Gasteiger partial charge in [0, 0.05) is 16.8 Å². The molecule has 3 nitrogen and oxygen atoms in total. The maximum absolute atomic E-state index is 12.9. The van der Waals surface area contributed by atoms with Gasteiger partial charge in [-0.25, -0.2) is 4.39 Å². The molecule has 0 bridgehead atoms. The fourth-order valence-corrected chi connectivity index (χ4v) is 2.16. The molecule has 90 valence electrons. The molecule has 2 aromatic carbocycles. The number of halogens is 1. The lowest BCUT2D eigenvalue weighted by atomic mass is 10.1. The Balaban J connectivity index is 2.06. The van der Waals surface area contributed by atoms with Crippen LogP contribution < -0.4 is 4.90 Å². The van der Waals surface area contributed by atoms with E-state index in [1.165, 1.54) is 29.2 Å². The van der Waals surface area contributed by atoms with Crippen molar-refractivity contribution in [3.63, 3.8) is 0 Å². The lowest BCUT2D eigenvalue weighted by molar-refractivity contribution is 0.0935. The topological polar surface area (TPSA) is 40.5 Å². The number of rotatable bonds is 1. The molecule has 1 N–H and O–H groups in total. The van der Waals surface area contributed by atoms with Crippen LogP contribution in [0, 0.1) is 5.82 Å². The van der Waals surface area contributed by atoms with Crippen LogP contribution in [0.2, 0.25) is 0 Å². The summed E-state index contributed by atoms with van der Waals surface area (Å²) >= 11 is 0. The number of carbonyl (C=O) groups is 1. The molecule has 3 rings (SSSR count). The Kier molecular flexibility index (Phi) is 2.38. The van der Waals surface area contributed by atoms with E-state index in [1.54, 1.807) is 24.3 Å². The van der Waals surface area contributed by atoms with Crippen molar-refractivity contribution in [2.45, 2.75) is 6.23 Å². The van der Waals surface area contributed by atoms with E-state index in [2.05, 4.69) is 0 Å². The van der Waals surface area contributed by atoms with E-state index in [0.29, 0.717) is 16.8 Å². The summed E-state index contributed by atoms with van der Waals surface area (Å²) in [5.74, 6) is -0.651. The quantitative estimate of drug-likeness (QED) is 0.835. The van der Waals surface area contributed by atoms with E-state index in [-0.39, 0.29) is 11.7 Å². The number of aliphatic hydroxyl groups is 1. The highest BCUT2D eigenvalue weighted by molar-refractivity contribution is 6.10.